The van der Waals surface area contributed by atoms with Gasteiger partial charge in [-0.15, -0.1) is 0 Å². The van der Waals surface area contributed by atoms with Crippen LogP contribution < -0.4 is 5.32 Å². The number of hydrogen-bond donors (Lipinski definition) is 1. The lowest BCUT2D eigenvalue weighted by molar-refractivity contribution is 0.328. The lowest BCUT2D eigenvalue weighted by atomic mass is 10.2. The van der Waals surface area contributed by atoms with Crippen LogP contribution in [0.2, 0.25) is 5.02 Å². The van der Waals surface area contributed by atoms with Gasteiger partial charge in [-0.25, -0.2) is 0 Å². The van der Waals surface area contributed by atoms with E-state index in [0.29, 0.717) is 6.04 Å². The summed E-state index contributed by atoms with van der Waals surface area (Å²) in [6.45, 7) is 8.16. The van der Waals surface area contributed by atoms with E-state index in [0.717, 1.165) is 23.8 Å². The molecule has 1 N–H and O–H groups in total. The van der Waals surface area contributed by atoms with Crippen LogP contribution in [0.4, 0.5) is 0 Å². The number of hydrogen-bond acceptors (Lipinski definition) is 3. The maximum atomic E-state index is 6.26. The van der Waals surface area contributed by atoms with Crippen LogP contribution in [0.1, 0.15) is 38.5 Å². The Hall–Kier alpha value is -0.580. The van der Waals surface area contributed by atoms with Crippen molar-refractivity contribution in [2.24, 2.45) is 0 Å². The van der Waals surface area contributed by atoms with Crippen molar-refractivity contribution in [2.75, 3.05) is 27.2 Å². The Morgan fingerprint density at radius 1 is 1.47 bits per heavy atom. The number of rotatable bonds is 6. The van der Waals surface area contributed by atoms with E-state index in [1.54, 1.807) is 6.20 Å². The van der Waals surface area contributed by atoms with Crippen molar-refractivity contribution in [2.45, 2.75) is 32.9 Å². The lowest BCUT2D eigenvalue weighted by Crippen LogP contribution is -2.33. The molecule has 17 heavy (non-hydrogen) atoms. The van der Waals surface area contributed by atoms with Crippen LogP contribution in [-0.4, -0.2) is 41.9 Å². The molecule has 0 aliphatic carbocycles. The summed E-state index contributed by atoms with van der Waals surface area (Å²) in [7, 11) is 4.13. The van der Waals surface area contributed by atoms with Crippen LogP contribution in [0.25, 0.3) is 0 Å². The quantitative estimate of drug-likeness (QED) is 0.850. The fourth-order valence-electron chi connectivity index (χ4n) is 1.95. The fraction of sp³-hybridized carbons (Fsp3) is 0.750. The molecular formula is C12H23ClN4. The topological polar surface area (TPSA) is 33.1 Å². The van der Waals surface area contributed by atoms with Crippen LogP contribution in [0.15, 0.2) is 6.20 Å². The summed E-state index contributed by atoms with van der Waals surface area (Å²) in [5.41, 5.74) is 1.08. The van der Waals surface area contributed by atoms with E-state index in [2.05, 4.69) is 50.2 Å². The van der Waals surface area contributed by atoms with E-state index < -0.39 is 0 Å². The Labute approximate surface area is 109 Å². The van der Waals surface area contributed by atoms with E-state index >= 15 is 0 Å². The van der Waals surface area contributed by atoms with Crippen molar-refractivity contribution >= 4 is 11.6 Å². The molecule has 0 saturated heterocycles. The first-order chi connectivity index (χ1) is 7.97. The monoisotopic (exact) mass is 258 g/mol. The van der Waals surface area contributed by atoms with Gasteiger partial charge in [0.15, 0.2) is 0 Å². The minimum atomic E-state index is 0.215. The van der Waals surface area contributed by atoms with Crippen molar-refractivity contribution in [3.63, 3.8) is 0 Å². The third kappa shape index (κ3) is 3.69. The molecule has 1 heterocycles. The number of nitrogens with zero attached hydrogens (tertiary/aromatic N) is 3. The maximum Gasteiger partial charge on any atom is 0.0834 e. The first kappa shape index (κ1) is 14.5. The van der Waals surface area contributed by atoms with Crippen molar-refractivity contribution in [1.29, 1.82) is 0 Å². The van der Waals surface area contributed by atoms with E-state index in [9.17, 15) is 0 Å². The van der Waals surface area contributed by atoms with Gasteiger partial charge in [0.25, 0.3) is 0 Å². The average molecular weight is 259 g/mol. The second-order valence-corrected chi connectivity index (χ2v) is 5.20. The van der Waals surface area contributed by atoms with Crippen LogP contribution in [0.3, 0.4) is 0 Å². The summed E-state index contributed by atoms with van der Waals surface area (Å²) in [6, 6.07) is 0.535. The first-order valence-electron chi connectivity index (χ1n) is 6.08. The molecule has 0 aromatic carbocycles. The molecule has 0 fully saturated rings. The molecule has 0 amide bonds. The molecule has 1 aromatic rings. The summed E-state index contributed by atoms with van der Waals surface area (Å²) >= 11 is 6.26. The molecule has 0 spiro atoms. The summed E-state index contributed by atoms with van der Waals surface area (Å²) < 4.78 is 2.00. The van der Waals surface area contributed by atoms with E-state index in [1.165, 1.54) is 0 Å². The lowest BCUT2D eigenvalue weighted by Gasteiger charge is -2.24. The molecular weight excluding hydrogens is 236 g/mol. The molecule has 1 aromatic heterocycles. The zero-order valence-corrected chi connectivity index (χ0v) is 12.1. The Balaban J connectivity index is 3.03. The average Bonchev–Trinajstić information content (AvgIpc) is 2.59. The fourth-order valence-corrected chi connectivity index (χ4v) is 2.21. The first-order valence-corrected chi connectivity index (χ1v) is 6.46. The molecule has 5 heteroatoms. The van der Waals surface area contributed by atoms with Crippen molar-refractivity contribution in [3.05, 3.63) is 16.9 Å². The van der Waals surface area contributed by atoms with Gasteiger partial charge in [0.1, 0.15) is 0 Å². The van der Waals surface area contributed by atoms with Crippen molar-refractivity contribution < 1.29 is 0 Å². The predicted octanol–water partition coefficient (Wildman–Crippen LogP) is 2.33. The maximum absolute atomic E-state index is 6.26. The highest BCUT2D eigenvalue weighted by molar-refractivity contribution is 6.31. The minimum absolute atomic E-state index is 0.215. The minimum Gasteiger partial charge on any atom is -0.308 e. The molecule has 0 aliphatic rings. The van der Waals surface area contributed by atoms with Gasteiger partial charge in [-0.1, -0.05) is 18.5 Å². The number of halogens is 1. The van der Waals surface area contributed by atoms with Crippen LogP contribution in [0, 0.1) is 0 Å². The van der Waals surface area contributed by atoms with Crippen molar-refractivity contribution in [3.8, 4) is 0 Å². The van der Waals surface area contributed by atoms with Gasteiger partial charge in [0, 0.05) is 12.6 Å². The van der Waals surface area contributed by atoms with Crippen LogP contribution in [-0.2, 0) is 0 Å². The number of aromatic nitrogens is 2. The molecule has 1 rings (SSSR count). The molecule has 98 valence electrons. The molecule has 1 unspecified atom stereocenters. The summed E-state index contributed by atoms with van der Waals surface area (Å²) in [6.07, 6.45) is 1.73. The summed E-state index contributed by atoms with van der Waals surface area (Å²) in [5, 5.41) is 8.56. The second-order valence-electron chi connectivity index (χ2n) is 4.79. The Bertz CT molecular complexity index is 346. The van der Waals surface area contributed by atoms with Crippen molar-refractivity contribution in [1.82, 2.24) is 20.0 Å². The molecule has 0 bridgehead atoms. The second kappa shape index (κ2) is 6.38. The normalized spacial score (nSPS) is 13.6. The Kier molecular flexibility index (Phi) is 5.43. The number of likely N-dealkylation sites (N-methyl/N-ethyl adjacent to an activating group) is 2. The molecule has 4 nitrogen and oxygen atoms in total. The summed E-state index contributed by atoms with van der Waals surface area (Å²) in [4.78, 5) is 2.15. The van der Waals surface area contributed by atoms with Gasteiger partial charge >= 0.3 is 0 Å². The summed E-state index contributed by atoms with van der Waals surface area (Å²) in [5.74, 6) is 0. The predicted molar refractivity (Wildman–Crippen MR) is 72.6 cm³/mol. The number of nitrogens with one attached hydrogen (secondary N) is 1. The Morgan fingerprint density at radius 3 is 2.59 bits per heavy atom. The van der Waals surface area contributed by atoms with E-state index in [1.807, 2.05) is 4.68 Å². The zero-order chi connectivity index (χ0) is 13.0. The largest absolute Gasteiger partial charge is 0.308 e. The highest BCUT2D eigenvalue weighted by Crippen LogP contribution is 2.25. The molecule has 0 aliphatic heterocycles. The molecule has 1 atom stereocenters. The van der Waals surface area contributed by atoms with Gasteiger partial charge < -0.3 is 10.2 Å². The third-order valence-corrected chi connectivity index (χ3v) is 2.90. The molecule has 0 radical (unpaired) electrons. The van der Waals surface area contributed by atoms with E-state index in [4.69, 9.17) is 11.6 Å². The van der Waals surface area contributed by atoms with E-state index in [-0.39, 0.29) is 6.04 Å². The molecule has 0 saturated carbocycles. The standard InChI is InChI=1S/C12H23ClN4/c1-6-14-11(8-16(4)5)12-10(13)7-15-17(12)9(2)3/h7,9,11,14H,6,8H2,1-5H3. The Morgan fingerprint density at radius 2 is 2.12 bits per heavy atom. The van der Waals surface area contributed by atoms with Gasteiger partial charge in [-0.2, -0.15) is 5.10 Å². The van der Waals surface area contributed by atoms with Gasteiger partial charge in [0.05, 0.1) is 23.0 Å². The van der Waals surface area contributed by atoms with Crippen LogP contribution >= 0.6 is 11.6 Å². The third-order valence-electron chi connectivity index (χ3n) is 2.60. The zero-order valence-electron chi connectivity index (χ0n) is 11.4. The van der Waals surface area contributed by atoms with Gasteiger partial charge in [0.2, 0.25) is 0 Å². The highest BCUT2D eigenvalue weighted by atomic mass is 35.5. The van der Waals surface area contributed by atoms with Gasteiger partial charge in [-0.05, 0) is 34.5 Å². The van der Waals surface area contributed by atoms with Gasteiger partial charge in [-0.3, -0.25) is 4.68 Å². The SMILES string of the molecule is CCNC(CN(C)C)c1c(Cl)cnn1C(C)C. The highest BCUT2D eigenvalue weighted by Gasteiger charge is 2.21. The smallest absolute Gasteiger partial charge is 0.0834 e. The van der Waals surface area contributed by atoms with Crippen LogP contribution in [0.5, 0.6) is 0 Å².